The number of carbonyl (C=O) groups is 1. The predicted octanol–water partition coefficient (Wildman–Crippen LogP) is 0.0267. The van der Waals surface area contributed by atoms with E-state index in [0.29, 0.717) is 45.0 Å². The van der Waals surface area contributed by atoms with Crippen LogP contribution in [0.1, 0.15) is 18.5 Å². The molecule has 1 aliphatic heterocycles. The van der Waals surface area contributed by atoms with Gasteiger partial charge in [0.15, 0.2) is 0 Å². The number of amides is 1. The quantitative estimate of drug-likeness (QED) is 0.801. The number of hydrogen-bond donors (Lipinski definition) is 1. The third-order valence-corrected chi connectivity index (χ3v) is 3.24. The van der Waals surface area contributed by atoms with E-state index < -0.39 is 11.3 Å². The van der Waals surface area contributed by atoms with Crippen LogP contribution in [0.15, 0.2) is 18.6 Å². The lowest BCUT2D eigenvalue weighted by Crippen LogP contribution is -2.43. The molecule has 0 aliphatic carbocycles. The van der Waals surface area contributed by atoms with Crippen molar-refractivity contribution in [2.45, 2.75) is 18.3 Å². The first-order valence-corrected chi connectivity index (χ1v) is 5.97. The van der Waals surface area contributed by atoms with E-state index in [1.165, 1.54) is 0 Å². The van der Waals surface area contributed by atoms with Crippen molar-refractivity contribution in [3.63, 3.8) is 0 Å². The Labute approximate surface area is 106 Å². The molecule has 0 unspecified atom stereocenters. The Balaban J connectivity index is 2.31. The number of carbonyl (C=O) groups excluding carboxylic acids is 1. The second kappa shape index (κ2) is 5.88. The van der Waals surface area contributed by atoms with Gasteiger partial charge in [0.2, 0.25) is 5.91 Å². The summed E-state index contributed by atoms with van der Waals surface area (Å²) in [5.74, 6) is -0.405. The van der Waals surface area contributed by atoms with Crippen LogP contribution >= 0.6 is 0 Å². The molecule has 1 aliphatic rings. The molecule has 0 saturated carbocycles. The SMILES string of the molecule is NC(=O)C1(c2cnccn2)CCOCCOCC1. The predicted molar refractivity (Wildman–Crippen MR) is 63.8 cm³/mol. The molecule has 18 heavy (non-hydrogen) atoms. The molecule has 0 bridgehead atoms. The average Bonchev–Trinajstić information content (AvgIpc) is 2.52. The summed E-state index contributed by atoms with van der Waals surface area (Å²) in [6.07, 6.45) is 5.73. The second-order valence-electron chi connectivity index (χ2n) is 4.26. The number of hydrogen-bond acceptors (Lipinski definition) is 5. The maximum atomic E-state index is 11.9. The molecule has 1 aromatic rings. The molecule has 0 aromatic carbocycles. The zero-order valence-corrected chi connectivity index (χ0v) is 10.2. The molecule has 6 heteroatoms. The molecule has 1 aromatic heterocycles. The summed E-state index contributed by atoms with van der Waals surface area (Å²) in [5, 5.41) is 0. The molecule has 2 heterocycles. The van der Waals surface area contributed by atoms with E-state index in [0.717, 1.165) is 0 Å². The van der Waals surface area contributed by atoms with E-state index in [1.54, 1.807) is 18.6 Å². The van der Waals surface area contributed by atoms with Gasteiger partial charge in [0.05, 0.1) is 24.3 Å². The first-order chi connectivity index (χ1) is 8.76. The van der Waals surface area contributed by atoms with Gasteiger partial charge in [-0.15, -0.1) is 0 Å². The Morgan fingerprint density at radius 2 is 1.83 bits per heavy atom. The van der Waals surface area contributed by atoms with Crippen LogP contribution in [-0.2, 0) is 19.7 Å². The number of aromatic nitrogens is 2. The third-order valence-electron chi connectivity index (χ3n) is 3.24. The molecule has 1 saturated heterocycles. The summed E-state index contributed by atoms with van der Waals surface area (Å²) in [6.45, 7) is 2.00. The number of nitrogens with two attached hydrogens (primary N) is 1. The van der Waals surface area contributed by atoms with Crippen molar-refractivity contribution in [2.75, 3.05) is 26.4 Å². The van der Waals surface area contributed by atoms with E-state index in [-0.39, 0.29) is 0 Å². The van der Waals surface area contributed by atoms with E-state index in [2.05, 4.69) is 9.97 Å². The Kier molecular flexibility index (Phi) is 4.22. The summed E-state index contributed by atoms with van der Waals surface area (Å²) >= 11 is 0. The molecule has 1 amide bonds. The molecular formula is C12H17N3O3. The van der Waals surface area contributed by atoms with Gasteiger partial charge in [-0.05, 0) is 12.8 Å². The highest BCUT2D eigenvalue weighted by molar-refractivity contribution is 5.86. The molecule has 98 valence electrons. The molecule has 6 nitrogen and oxygen atoms in total. The lowest BCUT2D eigenvalue weighted by molar-refractivity contribution is -0.125. The van der Waals surface area contributed by atoms with E-state index in [9.17, 15) is 4.79 Å². The van der Waals surface area contributed by atoms with Crippen LogP contribution < -0.4 is 5.73 Å². The fourth-order valence-electron chi connectivity index (χ4n) is 2.11. The van der Waals surface area contributed by atoms with Gasteiger partial charge < -0.3 is 15.2 Å². The summed E-state index contributed by atoms with van der Waals surface area (Å²) in [6, 6.07) is 0. The topological polar surface area (TPSA) is 87.3 Å². The van der Waals surface area contributed by atoms with Crippen LogP contribution in [0.4, 0.5) is 0 Å². The van der Waals surface area contributed by atoms with E-state index >= 15 is 0 Å². The minimum absolute atomic E-state index is 0.405. The Hall–Kier alpha value is -1.53. The third kappa shape index (κ3) is 2.65. The van der Waals surface area contributed by atoms with Crippen molar-refractivity contribution in [1.29, 1.82) is 0 Å². The largest absolute Gasteiger partial charge is 0.379 e. The summed E-state index contributed by atoms with van der Waals surface area (Å²) in [7, 11) is 0. The molecule has 0 radical (unpaired) electrons. The number of primary amides is 1. The van der Waals surface area contributed by atoms with Gasteiger partial charge in [0.1, 0.15) is 0 Å². The van der Waals surface area contributed by atoms with Gasteiger partial charge >= 0.3 is 0 Å². The molecule has 0 atom stereocenters. The van der Waals surface area contributed by atoms with Crippen molar-refractivity contribution in [1.82, 2.24) is 9.97 Å². The van der Waals surface area contributed by atoms with Gasteiger partial charge in [-0.1, -0.05) is 0 Å². The molecule has 1 fully saturated rings. The first kappa shape index (κ1) is 12.9. The van der Waals surface area contributed by atoms with Crippen LogP contribution in [0.2, 0.25) is 0 Å². The van der Waals surface area contributed by atoms with Gasteiger partial charge in [-0.3, -0.25) is 14.8 Å². The highest BCUT2D eigenvalue weighted by Gasteiger charge is 2.40. The average molecular weight is 251 g/mol. The zero-order chi connectivity index (χ0) is 12.8. The standard InChI is InChI=1S/C12H17N3O3/c13-11(16)12(10-9-14-3-4-15-10)1-5-17-7-8-18-6-2-12/h3-4,9H,1-2,5-8H2,(H2,13,16). The smallest absolute Gasteiger partial charge is 0.229 e. The Morgan fingerprint density at radius 1 is 1.17 bits per heavy atom. The lowest BCUT2D eigenvalue weighted by atomic mass is 9.78. The minimum Gasteiger partial charge on any atom is -0.379 e. The van der Waals surface area contributed by atoms with Crippen LogP contribution in [0.25, 0.3) is 0 Å². The molecule has 2 rings (SSSR count). The Morgan fingerprint density at radius 3 is 2.33 bits per heavy atom. The monoisotopic (exact) mass is 251 g/mol. The maximum absolute atomic E-state index is 11.9. The van der Waals surface area contributed by atoms with Crippen molar-refractivity contribution in [3.8, 4) is 0 Å². The van der Waals surface area contributed by atoms with Crippen molar-refractivity contribution < 1.29 is 14.3 Å². The molecule has 0 spiro atoms. The fourth-order valence-corrected chi connectivity index (χ4v) is 2.11. The van der Waals surface area contributed by atoms with Crippen molar-refractivity contribution >= 4 is 5.91 Å². The van der Waals surface area contributed by atoms with E-state index in [1.807, 2.05) is 0 Å². The number of rotatable bonds is 2. The zero-order valence-electron chi connectivity index (χ0n) is 10.2. The maximum Gasteiger partial charge on any atom is 0.229 e. The van der Waals surface area contributed by atoms with Crippen LogP contribution in [0.3, 0.4) is 0 Å². The summed E-state index contributed by atoms with van der Waals surface area (Å²) < 4.78 is 10.8. The highest BCUT2D eigenvalue weighted by atomic mass is 16.5. The van der Waals surface area contributed by atoms with Crippen molar-refractivity contribution in [3.05, 3.63) is 24.3 Å². The van der Waals surface area contributed by atoms with Gasteiger partial charge in [0, 0.05) is 31.8 Å². The van der Waals surface area contributed by atoms with Crippen LogP contribution in [0, 0.1) is 0 Å². The van der Waals surface area contributed by atoms with Crippen LogP contribution in [-0.4, -0.2) is 42.3 Å². The van der Waals surface area contributed by atoms with Crippen LogP contribution in [0.5, 0.6) is 0 Å². The van der Waals surface area contributed by atoms with Gasteiger partial charge in [-0.2, -0.15) is 0 Å². The van der Waals surface area contributed by atoms with Gasteiger partial charge in [-0.25, -0.2) is 0 Å². The summed E-state index contributed by atoms with van der Waals surface area (Å²) in [4.78, 5) is 20.1. The number of ether oxygens (including phenoxy) is 2. The lowest BCUT2D eigenvalue weighted by Gasteiger charge is -2.28. The number of nitrogens with zero attached hydrogens (tertiary/aromatic N) is 2. The highest BCUT2D eigenvalue weighted by Crippen LogP contribution is 2.30. The fraction of sp³-hybridized carbons (Fsp3) is 0.583. The normalized spacial score (nSPS) is 20.4. The Bertz CT molecular complexity index is 387. The second-order valence-corrected chi connectivity index (χ2v) is 4.26. The summed E-state index contributed by atoms with van der Waals surface area (Å²) in [5.41, 5.74) is 5.33. The minimum atomic E-state index is -0.849. The van der Waals surface area contributed by atoms with E-state index in [4.69, 9.17) is 15.2 Å². The molecule has 2 N–H and O–H groups in total. The van der Waals surface area contributed by atoms with Gasteiger partial charge in [0.25, 0.3) is 0 Å². The molecular weight excluding hydrogens is 234 g/mol. The van der Waals surface area contributed by atoms with Crippen molar-refractivity contribution in [2.24, 2.45) is 5.73 Å². The first-order valence-electron chi connectivity index (χ1n) is 5.97.